The predicted molar refractivity (Wildman–Crippen MR) is 138 cm³/mol. The molecular formula is C29H38N2O4. The first kappa shape index (κ1) is 25.2. The molecule has 2 aliphatic rings. The van der Waals surface area contributed by atoms with Gasteiger partial charge in [-0.1, -0.05) is 30.3 Å². The zero-order chi connectivity index (χ0) is 24.5. The van der Waals surface area contributed by atoms with Crippen LogP contribution in [0.3, 0.4) is 0 Å². The Morgan fingerprint density at radius 1 is 1.11 bits per heavy atom. The van der Waals surface area contributed by atoms with Crippen LogP contribution in [0.25, 0.3) is 0 Å². The second-order valence-corrected chi connectivity index (χ2v) is 9.48. The van der Waals surface area contributed by atoms with Gasteiger partial charge in [-0.25, -0.2) is 0 Å². The number of carbonyl (C=O) groups excluding carboxylic acids is 2. The van der Waals surface area contributed by atoms with Gasteiger partial charge in [0.25, 0.3) is 0 Å². The van der Waals surface area contributed by atoms with Crippen molar-refractivity contribution in [2.75, 3.05) is 31.2 Å². The van der Waals surface area contributed by atoms with Crippen molar-refractivity contribution in [3.05, 3.63) is 59.7 Å². The monoisotopic (exact) mass is 478 g/mol. The summed E-state index contributed by atoms with van der Waals surface area (Å²) < 4.78 is 11.8. The minimum Gasteiger partial charge on any atom is -0.494 e. The molecule has 0 spiro atoms. The van der Waals surface area contributed by atoms with Crippen LogP contribution in [0.1, 0.15) is 63.0 Å². The van der Waals surface area contributed by atoms with Gasteiger partial charge in [-0.05, 0) is 74.8 Å². The number of likely N-dealkylation sites (N-methyl/N-ethyl adjacent to an activating group) is 1. The van der Waals surface area contributed by atoms with Crippen molar-refractivity contribution in [3.8, 4) is 5.75 Å². The van der Waals surface area contributed by atoms with Gasteiger partial charge in [0.15, 0.2) is 0 Å². The van der Waals surface area contributed by atoms with E-state index in [1.165, 1.54) is 6.42 Å². The second-order valence-electron chi connectivity index (χ2n) is 9.48. The van der Waals surface area contributed by atoms with Gasteiger partial charge in [0, 0.05) is 38.2 Å². The molecule has 35 heavy (non-hydrogen) atoms. The zero-order valence-corrected chi connectivity index (χ0v) is 20.9. The van der Waals surface area contributed by atoms with Gasteiger partial charge in [-0.15, -0.1) is 0 Å². The number of unbranched alkanes of at least 4 members (excludes halogenated alkanes) is 1. The number of nitrogens with zero attached hydrogens (tertiary/aromatic N) is 2. The van der Waals surface area contributed by atoms with Gasteiger partial charge in [0.2, 0.25) is 11.8 Å². The minimum atomic E-state index is 0.163. The van der Waals surface area contributed by atoms with E-state index >= 15 is 0 Å². The van der Waals surface area contributed by atoms with Crippen LogP contribution in [0.5, 0.6) is 5.75 Å². The molecule has 6 heteroatoms. The molecule has 0 aromatic heterocycles. The van der Waals surface area contributed by atoms with Gasteiger partial charge < -0.3 is 19.3 Å². The van der Waals surface area contributed by atoms with Crippen molar-refractivity contribution >= 4 is 17.5 Å². The lowest BCUT2D eigenvalue weighted by Crippen LogP contribution is -2.39. The standard InChI is InChI=1S/C29H38N2O4/c1-2-30(22-26-12-6-8-19-35-26)28(32)13-7-9-18-34-25-15-16-27-24(20-25)14-17-29(33)31(27)21-23-10-4-3-5-11-23/h3-5,10-11,15-16,20,26H,2,6-9,12-14,17-19,21-22H2,1H3. The highest BCUT2D eigenvalue weighted by Crippen LogP contribution is 2.32. The maximum absolute atomic E-state index is 12.6. The third-order valence-electron chi connectivity index (χ3n) is 6.92. The smallest absolute Gasteiger partial charge is 0.227 e. The van der Waals surface area contributed by atoms with E-state index in [1.807, 2.05) is 59.2 Å². The van der Waals surface area contributed by atoms with Crippen LogP contribution in [-0.2, 0) is 27.3 Å². The van der Waals surface area contributed by atoms with Gasteiger partial charge >= 0.3 is 0 Å². The first-order valence-electron chi connectivity index (χ1n) is 13.1. The Labute approximate surface area is 209 Å². The van der Waals surface area contributed by atoms with Crippen LogP contribution in [0.15, 0.2) is 48.5 Å². The fourth-order valence-corrected chi connectivity index (χ4v) is 4.90. The number of hydrogen-bond acceptors (Lipinski definition) is 4. The number of rotatable bonds is 11. The number of amides is 2. The van der Waals surface area contributed by atoms with E-state index in [9.17, 15) is 9.59 Å². The van der Waals surface area contributed by atoms with Gasteiger partial charge in [0.05, 0.1) is 19.3 Å². The van der Waals surface area contributed by atoms with E-state index in [2.05, 4.69) is 6.07 Å². The molecule has 0 radical (unpaired) electrons. The third kappa shape index (κ3) is 7.07. The van der Waals surface area contributed by atoms with Crippen molar-refractivity contribution in [3.63, 3.8) is 0 Å². The quantitative estimate of drug-likeness (QED) is 0.420. The molecule has 1 saturated heterocycles. The molecule has 188 valence electrons. The molecular weight excluding hydrogens is 440 g/mol. The summed E-state index contributed by atoms with van der Waals surface area (Å²) in [5.74, 6) is 1.20. The number of carbonyl (C=O) groups is 2. The molecule has 2 aromatic carbocycles. The Hall–Kier alpha value is -2.86. The van der Waals surface area contributed by atoms with E-state index in [-0.39, 0.29) is 17.9 Å². The highest BCUT2D eigenvalue weighted by atomic mass is 16.5. The molecule has 0 saturated carbocycles. The highest BCUT2D eigenvalue weighted by molar-refractivity contribution is 5.96. The fraction of sp³-hybridized carbons (Fsp3) is 0.517. The number of hydrogen-bond donors (Lipinski definition) is 0. The molecule has 0 N–H and O–H groups in total. The lowest BCUT2D eigenvalue weighted by molar-refractivity contribution is -0.133. The van der Waals surface area contributed by atoms with E-state index < -0.39 is 0 Å². The normalized spacial score (nSPS) is 17.7. The Kier molecular flexibility index (Phi) is 9.18. The van der Waals surface area contributed by atoms with Crippen molar-refractivity contribution < 1.29 is 19.1 Å². The van der Waals surface area contributed by atoms with Crippen LogP contribution in [-0.4, -0.2) is 49.1 Å². The summed E-state index contributed by atoms with van der Waals surface area (Å²) in [5, 5.41) is 0. The SMILES string of the molecule is CCN(CC1CCCCO1)C(=O)CCCCOc1ccc2c(c1)CCC(=O)N2Cc1ccccc1. The first-order chi connectivity index (χ1) is 17.1. The van der Waals surface area contributed by atoms with Gasteiger partial charge in [-0.2, -0.15) is 0 Å². The van der Waals surface area contributed by atoms with Crippen LogP contribution < -0.4 is 9.64 Å². The average molecular weight is 479 g/mol. The van der Waals surface area contributed by atoms with Crippen molar-refractivity contribution in [2.24, 2.45) is 0 Å². The molecule has 2 aliphatic heterocycles. The van der Waals surface area contributed by atoms with Crippen molar-refractivity contribution in [1.29, 1.82) is 0 Å². The molecule has 0 aliphatic carbocycles. The molecule has 4 rings (SSSR count). The largest absolute Gasteiger partial charge is 0.494 e. The van der Waals surface area contributed by atoms with Crippen LogP contribution in [0, 0.1) is 0 Å². The number of aryl methyl sites for hydroxylation is 1. The Bertz CT molecular complexity index is 972. The summed E-state index contributed by atoms with van der Waals surface area (Å²) >= 11 is 0. The van der Waals surface area contributed by atoms with Crippen molar-refractivity contribution in [1.82, 2.24) is 4.90 Å². The van der Waals surface area contributed by atoms with Crippen molar-refractivity contribution in [2.45, 2.75) is 70.9 Å². The summed E-state index contributed by atoms with van der Waals surface area (Å²) in [5.41, 5.74) is 3.25. The van der Waals surface area contributed by atoms with E-state index in [0.29, 0.717) is 32.5 Å². The number of anilines is 1. The average Bonchev–Trinajstić information content (AvgIpc) is 2.89. The summed E-state index contributed by atoms with van der Waals surface area (Å²) in [6, 6.07) is 16.1. The third-order valence-corrected chi connectivity index (χ3v) is 6.92. The van der Waals surface area contributed by atoms with E-state index in [0.717, 1.165) is 67.8 Å². The second kappa shape index (κ2) is 12.7. The number of ether oxygens (including phenoxy) is 2. The Morgan fingerprint density at radius 2 is 1.97 bits per heavy atom. The first-order valence-corrected chi connectivity index (χ1v) is 13.1. The number of fused-ring (bicyclic) bond motifs is 1. The molecule has 1 unspecified atom stereocenters. The Morgan fingerprint density at radius 3 is 2.74 bits per heavy atom. The zero-order valence-electron chi connectivity index (χ0n) is 20.9. The lowest BCUT2D eigenvalue weighted by atomic mass is 10.00. The summed E-state index contributed by atoms with van der Waals surface area (Å²) in [6.45, 7) is 5.46. The molecule has 2 amide bonds. The van der Waals surface area contributed by atoms with Crippen LogP contribution in [0.2, 0.25) is 0 Å². The maximum atomic E-state index is 12.6. The van der Waals surface area contributed by atoms with Crippen LogP contribution >= 0.6 is 0 Å². The maximum Gasteiger partial charge on any atom is 0.227 e. The summed E-state index contributed by atoms with van der Waals surface area (Å²) in [7, 11) is 0. The molecule has 2 heterocycles. The number of benzene rings is 2. The Balaban J connectivity index is 1.22. The fourth-order valence-electron chi connectivity index (χ4n) is 4.90. The molecule has 0 bridgehead atoms. The molecule has 2 aromatic rings. The van der Waals surface area contributed by atoms with Gasteiger partial charge in [0.1, 0.15) is 5.75 Å². The molecule has 1 atom stereocenters. The van der Waals surface area contributed by atoms with Gasteiger partial charge in [-0.3, -0.25) is 9.59 Å². The topological polar surface area (TPSA) is 59.1 Å². The predicted octanol–water partition coefficient (Wildman–Crippen LogP) is 5.13. The molecule has 1 fully saturated rings. The molecule has 6 nitrogen and oxygen atoms in total. The van der Waals surface area contributed by atoms with E-state index in [1.54, 1.807) is 0 Å². The minimum absolute atomic E-state index is 0.163. The summed E-state index contributed by atoms with van der Waals surface area (Å²) in [6.07, 6.45) is 7.01. The van der Waals surface area contributed by atoms with Crippen LogP contribution in [0.4, 0.5) is 5.69 Å². The lowest BCUT2D eigenvalue weighted by Gasteiger charge is -2.30. The highest BCUT2D eigenvalue weighted by Gasteiger charge is 2.25. The summed E-state index contributed by atoms with van der Waals surface area (Å²) in [4.78, 5) is 29.0. The van der Waals surface area contributed by atoms with E-state index in [4.69, 9.17) is 9.47 Å².